The molecule has 4 rings (SSSR count). The zero-order valence-corrected chi connectivity index (χ0v) is 16.0. The van der Waals surface area contributed by atoms with Gasteiger partial charge in [0, 0.05) is 36.8 Å². The summed E-state index contributed by atoms with van der Waals surface area (Å²) >= 11 is 0. The zero-order valence-electron chi connectivity index (χ0n) is 16.0. The van der Waals surface area contributed by atoms with Crippen LogP contribution in [0.25, 0.3) is 22.0 Å². The minimum Gasteiger partial charge on any atom is -0.398 e. The van der Waals surface area contributed by atoms with Crippen molar-refractivity contribution >= 4 is 28.8 Å². The van der Waals surface area contributed by atoms with Crippen molar-refractivity contribution in [2.24, 2.45) is 12.8 Å². The minimum absolute atomic E-state index is 0.163. The van der Waals surface area contributed by atoms with Crippen LogP contribution < -0.4 is 11.5 Å². The first-order valence-electron chi connectivity index (χ1n) is 8.83. The fraction of sp³-hybridized carbons (Fsp3) is 0.190. The Kier molecular flexibility index (Phi) is 5.28. The Morgan fingerprint density at radius 2 is 2.04 bits per heavy atom. The third-order valence-electron chi connectivity index (χ3n) is 4.82. The van der Waals surface area contributed by atoms with Crippen LogP contribution in [0.4, 0.5) is 5.69 Å². The second-order valence-corrected chi connectivity index (χ2v) is 6.53. The Hall–Kier alpha value is -3.45. The summed E-state index contributed by atoms with van der Waals surface area (Å²) < 4.78 is 1.82. The number of amides is 1. The number of hydrogen-bond donors (Lipinski definition) is 2. The highest BCUT2D eigenvalue weighted by molar-refractivity contribution is 6.05. The van der Waals surface area contributed by atoms with E-state index in [4.69, 9.17) is 5.73 Å². The third kappa shape index (κ3) is 3.16. The summed E-state index contributed by atoms with van der Waals surface area (Å²) in [6.07, 6.45) is 2.50. The van der Waals surface area contributed by atoms with Gasteiger partial charge in [-0.05, 0) is 35.9 Å². The summed E-state index contributed by atoms with van der Waals surface area (Å²) in [6, 6.07) is 9.80. The van der Waals surface area contributed by atoms with Crippen LogP contribution in [0.2, 0.25) is 0 Å². The molecule has 2 aromatic carbocycles. The number of benzene rings is 2. The Morgan fingerprint density at radius 1 is 1.29 bits per heavy atom. The number of rotatable bonds is 4. The van der Waals surface area contributed by atoms with E-state index in [1.807, 2.05) is 36.1 Å². The summed E-state index contributed by atoms with van der Waals surface area (Å²) in [4.78, 5) is 25.2. The van der Waals surface area contributed by atoms with Crippen LogP contribution in [0.15, 0.2) is 48.7 Å². The maximum Gasteiger partial charge on any atom is 0.256 e. The van der Waals surface area contributed by atoms with Gasteiger partial charge in [0.15, 0.2) is 0 Å². The molecule has 1 aliphatic heterocycles. The van der Waals surface area contributed by atoms with E-state index in [-0.39, 0.29) is 12.5 Å². The van der Waals surface area contributed by atoms with Gasteiger partial charge in [0.1, 0.15) is 6.29 Å². The summed E-state index contributed by atoms with van der Waals surface area (Å²) in [5.41, 5.74) is 15.8. The third-order valence-corrected chi connectivity index (χ3v) is 4.82. The van der Waals surface area contributed by atoms with Gasteiger partial charge in [-0.15, -0.1) is 0 Å². The van der Waals surface area contributed by atoms with Crippen molar-refractivity contribution in [1.82, 2.24) is 14.7 Å². The predicted molar refractivity (Wildman–Crippen MR) is 111 cm³/mol. The lowest BCUT2D eigenvalue weighted by molar-refractivity contribution is -0.105. The van der Waals surface area contributed by atoms with Crippen molar-refractivity contribution in [1.29, 1.82) is 0 Å². The topological polar surface area (TPSA) is 107 Å². The van der Waals surface area contributed by atoms with Crippen LogP contribution in [-0.4, -0.2) is 40.5 Å². The molecule has 2 heterocycles. The number of nitrogens with zero attached hydrogens (tertiary/aromatic N) is 3. The molecule has 0 radical (unpaired) electrons. The number of nitrogen functional groups attached to an aromatic ring is 1. The quantitative estimate of drug-likeness (QED) is 0.411. The molecule has 0 fully saturated rings. The molecule has 0 bridgehead atoms. The van der Waals surface area contributed by atoms with Crippen LogP contribution in [0, 0.1) is 0 Å². The Labute approximate surface area is 163 Å². The van der Waals surface area contributed by atoms with Gasteiger partial charge in [0.05, 0.1) is 17.3 Å². The molecule has 0 saturated carbocycles. The predicted octanol–water partition coefficient (Wildman–Crippen LogP) is 2.11. The van der Waals surface area contributed by atoms with E-state index in [1.165, 1.54) is 7.05 Å². The van der Waals surface area contributed by atoms with E-state index in [0.29, 0.717) is 29.7 Å². The van der Waals surface area contributed by atoms with Crippen LogP contribution in [0.5, 0.6) is 0 Å². The first-order chi connectivity index (χ1) is 13.5. The van der Waals surface area contributed by atoms with Crippen molar-refractivity contribution in [2.45, 2.75) is 6.54 Å². The Balaban J connectivity index is 0.00000109. The minimum atomic E-state index is -0.163. The first-order valence-corrected chi connectivity index (χ1v) is 8.83. The van der Waals surface area contributed by atoms with E-state index >= 15 is 0 Å². The zero-order chi connectivity index (χ0) is 20.4. The number of aryl methyl sites for hydroxylation is 1. The maximum absolute atomic E-state index is 12.8. The fourth-order valence-electron chi connectivity index (χ4n) is 3.50. The molecule has 1 aliphatic rings. The molecule has 4 N–H and O–H groups in total. The van der Waals surface area contributed by atoms with Gasteiger partial charge >= 0.3 is 0 Å². The smallest absolute Gasteiger partial charge is 0.256 e. The Morgan fingerprint density at radius 3 is 2.75 bits per heavy atom. The van der Waals surface area contributed by atoms with Crippen LogP contribution >= 0.6 is 0 Å². The molecule has 1 aromatic heterocycles. The van der Waals surface area contributed by atoms with Gasteiger partial charge in [-0.25, -0.2) is 0 Å². The molecule has 0 spiro atoms. The highest BCUT2D eigenvalue weighted by Gasteiger charge is 2.32. The van der Waals surface area contributed by atoms with E-state index in [1.54, 1.807) is 11.0 Å². The van der Waals surface area contributed by atoms with Gasteiger partial charge < -0.3 is 16.4 Å². The van der Waals surface area contributed by atoms with Crippen molar-refractivity contribution in [3.63, 3.8) is 0 Å². The Bertz CT molecular complexity index is 1080. The molecule has 1 amide bonds. The molecule has 7 heteroatoms. The van der Waals surface area contributed by atoms with Gasteiger partial charge in [0.2, 0.25) is 0 Å². The SMILES string of the molecule is C=C(C=O)CN1Cc2c(-c3ccc4cnn(C)c4c3)ccc(N)c2C1=O.CN. The normalized spacial score (nSPS) is 12.5. The van der Waals surface area contributed by atoms with Crippen LogP contribution in [-0.2, 0) is 18.4 Å². The van der Waals surface area contributed by atoms with E-state index in [2.05, 4.69) is 23.5 Å². The molecule has 144 valence electrons. The van der Waals surface area contributed by atoms with Gasteiger partial charge in [0.25, 0.3) is 5.91 Å². The number of anilines is 1. The number of aromatic nitrogens is 2. The number of carbonyl (C=O) groups is 2. The summed E-state index contributed by atoms with van der Waals surface area (Å²) in [6.45, 7) is 4.28. The first kappa shape index (κ1) is 19.3. The van der Waals surface area contributed by atoms with Gasteiger partial charge in [-0.1, -0.05) is 24.8 Å². The maximum atomic E-state index is 12.8. The monoisotopic (exact) mass is 377 g/mol. The number of hydrogen-bond acceptors (Lipinski definition) is 5. The number of nitrogens with two attached hydrogens (primary N) is 2. The molecular weight excluding hydrogens is 354 g/mol. The van der Waals surface area contributed by atoms with Crippen LogP contribution in [0.3, 0.4) is 0 Å². The highest BCUT2D eigenvalue weighted by Crippen LogP contribution is 2.37. The van der Waals surface area contributed by atoms with Crippen molar-refractivity contribution in [3.8, 4) is 11.1 Å². The average molecular weight is 377 g/mol. The lowest BCUT2D eigenvalue weighted by Crippen LogP contribution is -2.26. The molecule has 3 aromatic rings. The summed E-state index contributed by atoms with van der Waals surface area (Å²) in [5, 5.41) is 5.33. The lowest BCUT2D eigenvalue weighted by Gasteiger charge is -2.14. The molecular formula is C21H23N5O2. The second kappa shape index (κ2) is 7.66. The van der Waals surface area contributed by atoms with E-state index < -0.39 is 0 Å². The fourth-order valence-corrected chi connectivity index (χ4v) is 3.50. The van der Waals surface area contributed by atoms with Crippen molar-refractivity contribution in [3.05, 3.63) is 59.8 Å². The van der Waals surface area contributed by atoms with Crippen molar-refractivity contribution < 1.29 is 9.59 Å². The van der Waals surface area contributed by atoms with E-state index in [0.717, 1.165) is 27.6 Å². The second-order valence-electron chi connectivity index (χ2n) is 6.53. The van der Waals surface area contributed by atoms with E-state index in [9.17, 15) is 9.59 Å². The molecule has 0 unspecified atom stereocenters. The number of aldehydes is 1. The largest absolute Gasteiger partial charge is 0.398 e. The molecule has 28 heavy (non-hydrogen) atoms. The number of fused-ring (bicyclic) bond motifs is 2. The molecule has 0 saturated heterocycles. The molecule has 7 nitrogen and oxygen atoms in total. The molecule has 0 aliphatic carbocycles. The highest BCUT2D eigenvalue weighted by atomic mass is 16.2. The number of carbonyl (C=O) groups excluding carboxylic acids is 2. The van der Waals surface area contributed by atoms with Gasteiger partial charge in [-0.3, -0.25) is 14.3 Å². The lowest BCUT2D eigenvalue weighted by atomic mass is 9.95. The molecule has 0 atom stereocenters. The average Bonchev–Trinajstić information content (AvgIpc) is 3.24. The van der Waals surface area contributed by atoms with Gasteiger partial charge in [-0.2, -0.15) is 5.10 Å². The van der Waals surface area contributed by atoms with Crippen LogP contribution in [0.1, 0.15) is 15.9 Å². The summed E-state index contributed by atoms with van der Waals surface area (Å²) in [5.74, 6) is -0.163. The summed E-state index contributed by atoms with van der Waals surface area (Å²) in [7, 11) is 3.40. The standard InChI is InChI=1S/C20H18N4O2.CH5N/c1-12(11-25)9-24-10-16-15(5-6-17(21)19(16)20(24)26)13-3-4-14-8-22-23(2)18(14)7-13;1-2/h3-8,11H,1,9-10,21H2,2H3;2H2,1H3. The van der Waals surface area contributed by atoms with Crippen molar-refractivity contribution in [2.75, 3.05) is 19.3 Å².